The molecule has 184 valence electrons. The SMILES string of the molecule is O=C(O)CNC(=O)CNC(=O)C1C(CNC(=O)OCC2c3ccccc3-c3ccccc32)C1(F)F. The molecule has 11 heteroatoms. The summed E-state index contributed by atoms with van der Waals surface area (Å²) in [7, 11) is 0. The van der Waals surface area contributed by atoms with Crippen molar-refractivity contribution in [3.05, 3.63) is 59.7 Å². The van der Waals surface area contributed by atoms with Crippen LogP contribution < -0.4 is 16.0 Å². The molecule has 9 nitrogen and oxygen atoms in total. The number of benzene rings is 2. The van der Waals surface area contributed by atoms with Crippen LogP contribution in [0.4, 0.5) is 13.6 Å². The summed E-state index contributed by atoms with van der Waals surface area (Å²) in [6, 6.07) is 15.5. The Bertz CT molecular complexity index is 1130. The molecule has 1 saturated carbocycles. The lowest BCUT2D eigenvalue weighted by molar-refractivity contribution is -0.137. The van der Waals surface area contributed by atoms with Gasteiger partial charge in [-0.2, -0.15) is 0 Å². The molecule has 1 fully saturated rings. The maximum absolute atomic E-state index is 14.1. The van der Waals surface area contributed by atoms with Crippen molar-refractivity contribution in [1.82, 2.24) is 16.0 Å². The summed E-state index contributed by atoms with van der Waals surface area (Å²) in [5, 5.41) is 14.8. The first-order chi connectivity index (χ1) is 16.7. The Labute approximate surface area is 198 Å². The molecule has 4 N–H and O–H groups in total. The molecular formula is C24H23F2N3O6. The van der Waals surface area contributed by atoms with E-state index in [2.05, 4.69) is 10.6 Å². The maximum Gasteiger partial charge on any atom is 0.407 e. The number of alkyl carbamates (subject to hydrolysis) is 1. The van der Waals surface area contributed by atoms with Gasteiger partial charge < -0.3 is 25.8 Å². The molecule has 0 aliphatic heterocycles. The minimum absolute atomic E-state index is 0.0241. The standard InChI is InChI=1S/C24H23F2N3O6/c25-24(26)18(21(24)22(33)28-10-19(30)27-11-20(31)32)9-29-23(34)35-12-17-15-7-3-1-5-13(15)14-6-2-4-8-16(14)17/h1-8,17-18,21H,9-12H2,(H,27,30)(H,28,33)(H,29,34)(H,31,32). The van der Waals surface area contributed by atoms with Crippen LogP contribution >= 0.6 is 0 Å². The lowest BCUT2D eigenvalue weighted by Crippen LogP contribution is -2.40. The summed E-state index contributed by atoms with van der Waals surface area (Å²) in [5.41, 5.74) is 4.14. The molecule has 3 amide bonds. The minimum Gasteiger partial charge on any atom is -0.480 e. The summed E-state index contributed by atoms with van der Waals surface area (Å²) in [6.07, 6.45) is -0.873. The van der Waals surface area contributed by atoms with Gasteiger partial charge in [-0.15, -0.1) is 0 Å². The second-order valence-corrected chi connectivity index (χ2v) is 8.35. The average molecular weight is 487 g/mol. The number of fused-ring (bicyclic) bond motifs is 3. The Morgan fingerprint density at radius 3 is 2.09 bits per heavy atom. The van der Waals surface area contributed by atoms with E-state index in [1.54, 1.807) is 0 Å². The third-order valence-corrected chi connectivity index (χ3v) is 6.15. The van der Waals surface area contributed by atoms with Gasteiger partial charge in [0.2, 0.25) is 11.8 Å². The van der Waals surface area contributed by atoms with Crippen LogP contribution in [0, 0.1) is 11.8 Å². The third-order valence-electron chi connectivity index (χ3n) is 6.15. The van der Waals surface area contributed by atoms with Crippen molar-refractivity contribution in [2.45, 2.75) is 11.8 Å². The number of carbonyl (C=O) groups excluding carboxylic acids is 3. The quantitative estimate of drug-likeness (QED) is 0.426. The fraction of sp³-hybridized carbons (Fsp3) is 0.333. The van der Waals surface area contributed by atoms with Crippen LogP contribution in [0.15, 0.2) is 48.5 Å². The summed E-state index contributed by atoms with van der Waals surface area (Å²) >= 11 is 0. The van der Waals surface area contributed by atoms with E-state index in [-0.39, 0.29) is 12.5 Å². The number of amides is 3. The molecule has 2 aromatic carbocycles. The van der Waals surface area contributed by atoms with Gasteiger partial charge in [0.25, 0.3) is 5.92 Å². The fourth-order valence-corrected chi connectivity index (χ4v) is 4.36. The van der Waals surface area contributed by atoms with E-state index in [1.807, 2.05) is 53.8 Å². The van der Waals surface area contributed by atoms with Gasteiger partial charge in [0.05, 0.1) is 12.5 Å². The number of ether oxygens (including phenoxy) is 1. The molecule has 0 spiro atoms. The highest BCUT2D eigenvalue weighted by Gasteiger charge is 2.71. The number of alkyl halides is 2. The number of nitrogens with one attached hydrogen (secondary N) is 3. The molecule has 4 rings (SSSR count). The highest BCUT2D eigenvalue weighted by Crippen LogP contribution is 2.55. The Morgan fingerprint density at radius 2 is 1.49 bits per heavy atom. The molecule has 2 unspecified atom stereocenters. The Kier molecular flexibility index (Phi) is 6.68. The summed E-state index contributed by atoms with van der Waals surface area (Å²) < 4.78 is 33.5. The molecule has 2 atom stereocenters. The van der Waals surface area contributed by atoms with E-state index in [0.717, 1.165) is 22.3 Å². The van der Waals surface area contributed by atoms with Gasteiger partial charge in [-0.3, -0.25) is 14.4 Å². The summed E-state index contributed by atoms with van der Waals surface area (Å²) in [4.78, 5) is 46.1. The molecule has 2 aliphatic rings. The zero-order chi connectivity index (χ0) is 25.2. The normalized spacial score (nSPS) is 19.1. The lowest BCUT2D eigenvalue weighted by Gasteiger charge is -2.14. The first-order valence-corrected chi connectivity index (χ1v) is 10.9. The molecule has 2 aromatic rings. The average Bonchev–Trinajstić information content (AvgIpc) is 3.24. The third kappa shape index (κ3) is 5.08. The second kappa shape index (κ2) is 9.69. The molecule has 0 radical (unpaired) electrons. The number of carboxylic acids is 1. The number of carbonyl (C=O) groups is 4. The van der Waals surface area contributed by atoms with Crippen molar-refractivity contribution in [3.8, 4) is 11.1 Å². The van der Waals surface area contributed by atoms with Crippen molar-refractivity contribution in [3.63, 3.8) is 0 Å². The van der Waals surface area contributed by atoms with Crippen LogP contribution in [0.3, 0.4) is 0 Å². The van der Waals surface area contributed by atoms with Crippen LogP contribution in [0.25, 0.3) is 11.1 Å². The topological polar surface area (TPSA) is 134 Å². The van der Waals surface area contributed by atoms with Crippen molar-refractivity contribution in [2.75, 3.05) is 26.2 Å². The molecule has 0 saturated heterocycles. The second-order valence-electron chi connectivity index (χ2n) is 8.35. The molecule has 35 heavy (non-hydrogen) atoms. The lowest BCUT2D eigenvalue weighted by atomic mass is 9.98. The number of carboxylic acid groups (broad SMARTS) is 1. The van der Waals surface area contributed by atoms with E-state index < -0.39 is 61.3 Å². The number of halogens is 2. The molecule has 0 heterocycles. The van der Waals surface area contributed by atoms with E-state index in [9.17, 15) is 28.0 Å². The van der Waals surface area contributed by atoms with E-state index in [4.69, 9.17) is 9.84 Å². The van der Waals surface area contributed by atoms with E-state index in [1.165, 1.54) is 0 Å². The largest absolute Gasteiger partial charge is 0.480 e. The smallest absolute Gasteiger partial charge is 0.407 e. The molecule has 0 aromatic heterocycles. The van der Waals surface area contributed by atoms with Gasteiger partial charge in [-0.1, -0.05) is 48.5 Å². The van der Waals surface area contributed by atoms with Gasteiger partial charge in [0, 0.05) is 12.5 Å². The van der Waals surface area contributed by atoms with Gasteiger partial charge in [-0.25, -0.2) is 13.6 Å². The summed E-state index contributed by atoms with van der Waals surface area (Å²) in [5.74, 6) is -9.83. The Balaban J connectivity index is 1.25. The highest BCUT2D eigenvalue weighted by atomic mass is 19.3. The van der Waals surface area contributed by atoms with Crippen molar-refractivity contribution in [1.29, 1.82) is 0 Å². The predicted octanol–water partition coefficient (Wildman–Crippen LogP) is 1.72. The summed E-state index contributed by atoms with van der Waals surface area (Å²) in [6.45, 7) is -1.74. The Morgan fingerprint density at radius 1 is 0.886 bits per heavy atom. The van der Waals surface area contributed by atoms with Crippen LogP contribution in [0.5, 0.6) is 0 Å². The van der Waals surface area contributed by atoms with Crippen molar-refractivity contribution >= 4 is 23.9 Å². The van der Waals surface area contributed by atoms with Gasteiger partial charge in [0.1, 0.15) is 19.1 Å². The molecule has 2 aliphatic carbocycles. The van der Waals surface area contributed by atoms with Gasteiger partial charge in [-0.05, 0) is 22.3 Å². The van der Waals surface area contributed by atoms with Crippen molar-refractivity contribution in [2.24, 2.45) is 11.8 Å². The van der Waals surface area contributed by atoms with Crippen molar-refractivity contribution < 1.29 is 37.8 Å². The van der Waals surface area contributed by atoms with Crippen LogP contribution in [-0.4, -0.2) is 61.1 Å². The number of aliphatic carboxylic acids is 1. The fourth-order valence-electron chi connectivity index (χ4n) is 4.36. The number of hydrogen-bond donors (Lipinski definition) is 4. The zero-order valence-corrected chi connectivity index (χ0v) is 18.4. The van der Waals surface area contributed by atoms with E-state index >= 15 is 0 Å². The van der Waals surface area contributed by atoms with Crippen LogP contribution in [0.1, 0.15) is 17.0 Å². The predicted molar refractivity (Wildman–Crippen MR) is 119 cm³/mol. The molecular weight excluding hydrogens is 464 g/mol. The first kappa shape index (κ1) is 24.1. The number of hydrogen-bond acceptors (Lipinski definition) is 5. The van der Waals surface area contributed by atoms with Gasteiger partial charge >= 0.3 is 12.1 Å². The Hall–Kier alpha value is -4.02. The minimum atomic E-state index is -3.35. The zero-order valence-electron chi connectivity index (χ0n) is 18.4. The maximum atomic E-state index is 14.1. The first-order valence-electron chi connectivity index (χ1n) is 10.9. The van der Waals surface area contributed by atoms with Crippen LogP contribution in [-0.2, 0) is 19.1 Å². The monoisotopic (exact) mass is 487 g/mol. The van der Waals surface area contributed by atoms with Crippen LogP contribution in [0.2, 0.25) is 0 Å². The van der Waals surface area contributed by atoms with E-state index in [0.29, 0.717) is 0 Å². The highest BCUT2D eigenvalue weighted by molar-refractivity contribution is 5.89. The van der Waals surface area contributed by atoms with Gasteiger partial charge in [0.15, 0.2) is 0 Å². The number of rotatable bonds is 9. The molecule has 0 bridgehead atoms.